The van der Waals surface area contributed by atoms with Gasteiger partial charge in [-0.25, -0.2) is 0 Å². The van der Waals surface area contributed by atoms with Crippen molar-refractivity contribution in [3.05, 3.63) is 12.7 Å². The Kier molecular flexibility index (Phi) is 3.09. The number of nitrogens with zero attached hydrogens (tertiary/aromatic N) is 1. The molecule has 1 fully saturated rings. The second-order valence-electron chi connectivity index (χ2n) is 3.28. The summed E-state index contributed by atoms with van der Waals surface area (Å²) < 4.78 is 0. The van der Waals surface area contributed by atoms with Gasteiger partial charge in [-0.15, -0.1) is 6.58 Å². The molecule has 0 radical (unpaired) electrons. The Morgan fingerprint density at radius 3 is 3.00 bits per heavy atom. The molecule has 1 aliphatic rings. The maximum atomic E-state index is 9.61. The van der Waals surface area contributed by atoms with Crippen molar-refractivity contribution in [2.45, 2.75) is 31.4 Å². The first-order valence-corrected chi connectivity index (χ1v) is 4.25. The molecule has 0 bridgehead atoms. The van der Waals surface area contributed by atoms with E-state index in [0.717, 1.165) is 19.4 Å². The molecular formula is C9H17NO. The van der Waals surface area contributed by atoms with E-state index in [4.69, 9.17) is 0 Å². The summed E-state index contributed by atoms with van der Waals surface area (Å²) in [7, 11) is 2.07. The topological polar surface area (TPSA) is 23.5 Å². The lowest BCUT2D eigenvalue weighted by atomic mass is 10.1. The van der Waals surface area contributed by atoms with Crippen LogP contribution in [0.4, 0.5) is 0 Å². The molecular weight excluding hydrogens is 138 g/mol. The van der Waals surface area contributed by atoms with Gasteiger partial charge in [0.25, 0.3) is 0 Å². The van der Waals surface area contributed by atoms with E-state index in [-0.39, 0.29) is 6.10 Å². The fraction of sp³-hybridized carbons (Fsp3) is 0.778. The van der Waals surface area contributed by atoms with Crippen LogP contribution in [0.2, 0.25) is 0 Å². The Labute approximate surface area is 68.5 Å². The smallest absolute Gasteiger partial charge is 0.0729 e. The lowest BCUT2D eigenvalue weighted by Gasteiger charge is -2.23. The minimum absolute atomic E-state index is 0.208. The highest BCUT2D eigenvalue weighted by Crippen LogP contribution is 2.19. The van der Waals surface area contributed by atoms with Crippen molar-refractivity contribution in [1.29, 1.82) is 0 Å². The molecule has 64 valence electrons. The number of rotatable bonds is 3. The Balaban J connectivity index is 2.38. The van der Waals surface area contributed by atoms with Gasteiger partial charge in [0.15, 0.2) is 0 Å². The van der Waals surface area contributed by atoms with Gasteiger partial charge in [-0.2, -0.15) is 0 Å². The Hall–Kier alpha value is -0.340. The summed E-state index contributed by atoms with van der Waals surface area (Å²) in [5, 5.41) is 9.61. The zero-order valence-electron chi connectivity index (χ0n) is 7.16. The van der Waals surface area contributed by atoms with Crippen LogP contribution in [0.3, 0.4) is 0 Å². The lowest BCUT2D eigenvalue weighted by Crippen LogP contribution is -2.35. The monoisotopic (exact) mass is 155 g/mol. The second-order valence-corrected chi connectivity index (χ2v) is 3.28. The molecule has 1 aliphatic heterocycles. The van der Waals surface area contributed by atoms with Crippen LogP contribution in [0.25, 0.3) is 0 Å². The molecule has 1 rings (SSSR count). The standard InChI is InChI=1S/C9H17NO/c1-3-5-9(11)8-6-4-7-10(8)2/h3,8-9,11H,1,4-7H2,2H3. The molecule has 0 aromatic heterocycles. The number of aliphatic hydroxyl groups is 1. The third kappa shape index (κ3) is 2.04. The highest BCUT2D eigenvalue weighted by atomic mass is 16.3. The summed E-state index contributed by atoms with van der Waals surface area (Å²) in [6.07, 6.45) is 4.65. The quantitative estimate of drug-likeness (QED) is 0.615. The van der Waals surface area contributed by atoms with Gasteiger partial charge in [0.2, 0.25) is 0 Å². The number of aliphatic hydroxyl groups excluding tert-OH is 1. The first-order chi connectivity index (χ1) is 5.25. The highest BCUT2D eigenvalue weighted by Gasteiger charge is 2.26. The average Bonchev–Trinajstić information content (AvgIpc) is 2.36. The minimum atomic E-state index is -0.208. The van der Waals surface area contributed by atoms with E-state index >= 15 is 0 Å². The summed E-state index contributed by atoms with van der Waals surface area (Å²) in [5.41, 5.74) is 0. The molecule has 0 aromatic rings. The van der Waals surface area contributed by atoms with E-state index < -0.39 is 0 Å². The molecule has 2 unspecified atom stereocenters. The van der Waals surface area contributed by atoms with Gasteiger partial charge in [-0.05, 0) is 32.9 Å². The summed E-state index contributed by atoms with van der Waals surface area (Å²) >= 11 is 0. The van der Waals surface area contributed by atoms with E-state index in [1.54, 1.807) is 6.08 Å². The normalized spacial score (nSPS) is 28.7. The van der Waals surface area contributed by atoms with Gasteiger partial charge < -0.3 is 10.0 Å². The molecule has 0 saturated carbocycles. The van der Waals surface area contributed by atoms with Crippen LogP contribution in [0.1, 0.15) is 19.3 Å². The van der Waals surface area contributed by atoms with Gasteiger partial charge in [0.1, 0.15) is 0 Å². The van der Waals surface area contributed by atoms with Crippen molar-refractivity contribution < 1.29 is 5.11 Å². The molecule has 0 spiro atoms. The molecule has 1 heterocycles. The van der Waals surface area contributed by atoms with Crippen molar-refractivity contribution in [2.24, 2.45) is 0 Å². The summed E-state index contributed by atoms with van der Waals surface area (Å²) in [6, 6.07) is 0.369. The fourth-order valence-corrected chi connectivity index (χ4v) is 1.75. The van der Waals surface area contributed by atoms with Gasteiger partial charge in [0, 0.05) is 6.04 Å². The van der Waals surface area contributed by atoms with Crippen LogP contribution in [0.15, 0.2) is 12.7 Å². The number of hydrogen-bond donors (Lipinski definition) is 1. The van der Waals surface area contributed by atoms with Crippen LogP contribution < -0.4 is 0 Å². The summed E-state index contributed by atoms with van der Waals surface area (Å²) in [4.78, 5) is 2.23. The van der Waals surface area contributed by atoms with Gasteiger partial charge in [-0.3, -0.25) is 0 Å². The maximum Gasteiger partial charge on any atom is 0.0729 e. The first-order valence-electron chi connectivity index (χ1n) is 4.25. The second kappa shape index (κ2) is 3.88. The molecule has 0 aromatic carbocycles. The van der Waals surface area contributed by atoms with Crippen LogP contribution in [0, 0.1) is 0 Å². The van der Waals surface area contributed by atoms with Crippen molar-refractivity contribution in [3.8, 4) is 0 Å². The molecule has 0 aliphatic carbocycles. The van der Waals surface area contributed by atoms with Crippen LogP contribution in [0.5, 0.6) is 0 Å². The largest absolute Gasteiger partial charge is 0.391 e. The van der Waals surface area contributed by atoms with Crippen LogP contribution in [-0.2, 0) is 0 Å². The molecule has 2 atom stereocenters. The molecule has 2 nitrogen and oxygen atoms in total. The molecule has 1 saturated heterocycles. The third-order valence-electron chi connectivity index (χ3n) is 2.43. The van der Waals surface area contributed by atoms with E-state index in [0.29, 0.717) is 6.04 Å². The Morgan fingerprint density at radius 2 is 2.55 bits per heavy atom. The van der Waals surface area contributed by atoms with Crippen LogP contribution >= 0.6 is 0 Å². The number of likely N-dealkylation sites (N-methyl/N-ethyl adjacent to an activating group) is 1. The van der Waals surface area contributed by atoms with Crippen molar-refractivity contribution in [2.75, 3.05) is 13.6 Å². The SMILES string of the molecule is C=CCC(O)C1CCCN1C. The number of hydrogen-bond acceptors (Lipinski definition) is 2. The zero-order valence-corrected chi connectivity index (χ0v) is 7.16. The fourth-order valence-electron chi connectivity index (χ4n) is 1.75. The van der Waals surface area contributed by atoms with E-state index in [9.17, 15) is 5.11 Å². The van der Waals surface area contributed by atoms with Gasteiger partial charge in [0.05, 0.1) is 6.10 Å². The third-order valence-corrected chi connectivity index (χ3v) is 2.43. The Bertz CT molecular complexity index is 136. The predicted molar refractivity (Wildman–Crippen MR) is 46.5 cm³/mol. The predicted octanol–water partition coefficient (Wildman–Crippen LogP) is 1.02. The minimum Gasteiger partial charge on any atom is -0.391 e. The number of likely N-dealkylation sites (tertiary alicyclic amines) is 1. The molecule has 1 N–H and O–H groups in total. The van der Waals surface area contributed by atoms with Crippen molar-refractivity contribution in [3.63, 3.8) is 0 Å². The van der Waals surface area contributed by atoms with Crippen molar-refractivity contribution in [1.82, 2.24) is 4.90 Å². The lowest BCUT2D eigenvalue weighted by molar-refractivity contribution is 0.0881. The van der Waals surface area contributed by atoms with Gasteiger partial charge in [-0.1, -0.05) is 6.08 Å². The summed E-state index contributed by atoms with van der Waals surface area (Å²) in [5.74, 6) is 0. The van der Waals surface area contributed by atoms with E-state index in [1.165, 1.54) is 6.42 Å². The van der Waals surface area contributed by atoms with Crippen molar-refractivity contribution >= 4 is 0 Å². The van der Waals surface area contributed by atoms with E-state index in [2.05, 4.69) is 18.5 Å². The first kappa shape index (κ1) is 8.75. The van der Waals surface area contributed by atoms with Crippen LogP contribution in [-0.4, -0.2) is 35.7 Å². The molecule has 11 heavy (non-hydrogen) atoms. The molecule has 2 heteroatoms. The highest BCUT2D eigenvalue weighted by molar-refractivity contribution is 4.86. The average molecular weight is 155 g/mol. The van der Waals surface area contributed by atoms with Gasteiger partial charge >= 0.3 is 0 Å². The molecule has 0 amide bonds. The van der Waals surface area contributed by atoms with E-state index in [1.807, 2.05) is 0 Å². The summed E-state index contributed by atoms with van der Waals surface area (Å²) in [6.45, 7) is 4.74. The zero-order chi connectivity index (χ0) is 8.27. The maximum absolute atomic E-state index is 9.61. The Morgan fingerprint density at radius 1 is 1.82 bits per heavy atom.